The molecule has 5 nitrogen and oxygen atoms in total. The molecule has 2 aliphatic carbocycles. The van der Waals surface area contributed by atoms with E-state index in [1.54, 1.807) is 11.0 Å². The largest absolute Gasteiger partial charge is 0.507 e. The minimum Gasteiger partial charge on any atom is -0.507 e. The number of hydrogen-bond acceptors (Lipinski definition) is 3. The number of benzene rings is 1. The van der Waals surface area contributed by atoms with E-state index in [0.29, 0.717) is 31.7 Å². The van der Waals surface area contributed by atoms with Gasteiger partial charge in [-0.15, -0.1) is 0 Å². The lowest BCUT2D eigenvalue weighted by Crippen LogP contribution is -2.52. The first-order chi connectivity index (χ1) is 13.1. The quantitative estimate of drug-likeness (QED) is 0.870. The smallest absolute Gasteiger partial charge is 0.257 e. The maximum atomic E-state index is 12.9. The number of carbonyl (C=O) groups is 2. The fourth-order valence-corrected chi connectivity index (χ4v) is 4.85. The minimum absolute atomic E-state index is 0.0985. The third kappa shape index (κ3) is 3.83. The van der Waals surface area contributed by atoms with Crippen LogP contribution < -0.4 is 0 Å². The molecule has 146 valence electrons. The minimum atomic E-state index is -0.106. The van der Waals surface area contributed by atoms with E-state index in [1.165, 1.54) is 17.5 Å². The maximum absolute atomic E-state index is 12.9. The molecule has 1 aliphatic heterocycles. The molecular formula is C22H30N2O3. The van der Waals surface area contributed by atoms with Gasteiger partial charge in [-0.05, 0) is 61.8 Å². The van der Waals surface area contributed by atoms with Crippen LogP contribution >= 0.6 is 0 Å². The summed E-state index contributed by atoms with van der Waals surface area (Å²) in [4.78, 5) is 29.4. The van der Waals surface area contributed by atoms with E-state index in [-0.39, 0.29) is 23.5 Å². The summed E-state index contributed by atoms with van der Waals surface area (Å²) < 4.78 is 0. The predicted octanol–water partition coefficient (Wildman–Crippen LogP) is 3.14. The average molecular weight is 370 g/mol. The van der Waals surface area contributed by atoms with Crippen LogP contribution in [0.4, 0.5) is 0 Å². The summed E-state index contributed by atoms with van der Waals surface area (Å²) in [7, 11) is 0. The second-order valence-electron chi connectivity index (χ2n) is 8.30. The van der Waals surface area contributed by atoms with Gasteiger partial charge in [0.15, 0.2) is 0 Å². The van der Waals surface area contributed by atoms with Crippen LogP contribution in [0.2, 0.25) is 0 Å². The number of nitrogens with zero attached hydrogens (tertiary/aromatic N) is 2. The van der Waals surface area contributed by atoms with Crippen molar-refractivity contribution >= 4 is 11.8 Å². The van der Waals surface area contributed by atoms with Crippen molar-refractivity contribution in [2.45, 2.75) is 57.8 Å². The summed E-state index contributed by atoms with van der Waals surface area (Å²) >= 11 is 0. The van der Waals surface area contributed by atoms with Gasteiger partial charge < -0.3 is 14.9 Å². The van der Waals surface area contributed by atoms with Gasteiger partial charge >= 0.3 is 0 Å². The normalized spacial score (nSPS) is 21.0. The van der Waals surface area contributed by atoms with E-state index in [0.717, 1.165) is 51.4 Å². The molecule has 1 N–H and O–H groups in total. The summed E-state index contributed by atoms with van der Waals surface area (Å²) in [5.74, 6) is 0.455. The SMILES string of the molecule is O=C(c1cc2c(cc1O)CCCC2)N1CCN(C(=O)C2CCCCC2)CC1. The summed E-state index contributed by atoms with van der Waals surface area (Å²) in [6.45, 7) is 2.31. The summed E-state index contributed by atoms with van der Waals surface area (Å²) in [5.41, 5.74) is 2.80. The van der Waals surface area contributed by atoms with Gasteiger partial charge in [0.1, 0.15) is 5.75 Å². The fraction of sp³-hybridized carbons (Fsp3) is 0.636. The Hall–Kier alpha value is -2.04. The van der Waals surface area contributed by atoms with Crippen molar-refractivity contribution in [2.24, 2.45) is 5.92 Å². The number of phenolic OH excluding ortho intramolecular Hbond substituents is 1. The molecule has 5 heteroatoms. The standard InChI is InChI=1S/C22H30N2O3/c25-20-15-18-9-5-4-8-17(18)14-19(20)22(27)24-12-10-23(11-13-24)21(26)16-6-2-1-3-7-16/h14-16,25H,1-13H2. The van der Waals surface area contributed by atoms with Crippen LogP contribution in [0.5, 0.6) is 5.75 Å². The van der Waals surface area contributed by atoms with E-state index in [4.69, 9.17) is 0 Å². The van der Waals surface area contributed by atoms with Crippen LogP contribution in [0.25, 0.3) is 0 Å². The van der Waals surface area contributed by atoms with E-state index >= 15 is 0 Å². The number of carbonyl (C=O) groups excluding carboxylic acids is 2. The third-order valence-corrected chi connectivity index (χ3v) is 6.52. The second kappa shape index (κ2) is 7.91. The molecule has 1 aromatic carbocycles. The van der Waals surface area contributed by atoms with Crippen molar-refractivity contribution in [1.82, 2.24) is 9.80 Å². The number of piperazine rings is 1. The van der Waals surface area contributed by atoms with Crippen LogP contribution in [0.3, 0.4) is 0 Å². The van der Waals surface area contributed by atoms with Crippen molar-refractivity contribution in [3.05, 3.63) is 28.8 Å². The zero-order chi connectivity index (χ0) is 18.8. The number of aryl methyl sites for hydroxylation is 2. The molecule has 27 heavy (non-hydrogen) atoms. The Labute approximate surface area is 161 Å². The van der Waals surface area contributed by atoms with Gasteiger partial charge in [-0.1, -0.05) is 19.3 Å². The average Bonchev–Trinajstić information content (AvgIpc) is 2.73. The number of amides is 2. The van der Waals surface area contributed by atoms with Crippen molar-refractivity contribution in [1.29, 1.82) is 0 Å². The van der Waals surface area contributed by atoms with E-state index < -0.39 is 0 Å². The Kier molecular flexibility index (Phi) is 5.37. The number of hydrogen-bond donors (Lipinski definition) is 1. The molecule has 0 bridgehead atoms. The summed E-state index contributed by atoms with van der Waals surface area (Å²) in [6.07, 6.45) is 9.86. The molecule has 4 rings (SSSR count). The van der Waals surface area contributed by atoms with Crippen molar-refractivity contribution in [2.75, 3.05) is 26.2 Å². The lowest BCUT2D eigenvalue weighted by molar-refractivity contribution is -0.138. The molecule has 0 radical (unpaired) electrons. The molecule has 0 aromatic heterocycles. The molecule has 1 aromatic rings. The van der Waals surface area contributed by atoms with Crippen LogP contribution in [0.1, 0.15) is 66.4 Å². The highest BCUT2D eigenvalue weighted by molar-refractivity contribution is 5.97. The maximum Gasteiger partial charge on any atom is 0.257 e. The van der Waals surface area contributed by atoms with Crippen LogP contribution in [-0.4, -0.2) is 52.9 Å². The molecule has 1 heterocycles. The molecular weight excluding hydrogens is 340 g/mol. The molecule has 2 fully saturated rings. The van der Waals surface area contributed by atoms with Crippen LogP contribution in [0, 0.1) is 5.92 Å². The fourth-order valence-electron chi connectivity index (χ4n) is 4.85. The molecule has 0 unspecified atom stereocenters. The van der Waals surface area contributed by atoms with Gasteiger partial charge in [0.05, 0.1) is 5.56 Å². The summed E-state index contributed by atoms with van der Waals surface area (Å²) in [6, 6.07) is 3.68. The Bertz CT molecular complexity index is 717. The Morgan fingerprint density at radius 2 is 1.41 bits per heavy atom. The highest BCUT2D eigenvalue weighted by Crippen LogP contribution is 2.30. The van der Waals surface area contributed by atoms with Crippen LogP contribution in [0.15, 0.2) is 12.1 Å². The first-order valence-corrected chi connectivity index (χ1v) is 10.6. The highest BCUT2D eigenvalue weighted by atomic mass is 16.3. The lowest BCUT2D eigenvalue weighted by Gasteiger charge is -2.37. The molecule has 3 aliphatic rings. The van der Waals surface area contributed by atoms with Gasteiger partial charge in [-0.3, -0.25) is 9.59 Å². The highest BCUT2D eigenvalue weighted by Gasteiger charge is 2.30. The second-order valence-corrected chi connectivity index (χ2v) is 8.30. The Morgan fingerprint density at radius 1 is 0.815 bits per heavy atom. The molecule has 1 saturated carbocycles. The number of aromatic hydroxyl groups is 1. The third-order valence-electron chi connectivity index (χ3n) is 6.52. The van der Waals surface area contributed by atoms with Gasteiger partial charge in [0, 0.05) is 32.1 Å². The van der Waals surface area contributed by atoms with Crippen molar-refractivity contribution < 1.29 is 14.7 Å². The summed E-state index contributed by atoms with van der Waals surface area (Å²) in [5, 5.41) is 10.4. The molecule has 0 atom stereocenters. The van der Waals surface area contributed by atoms with E-state index in [1.807, 2.05) is 11.0 Å². The monoisotopic (exact) mass is 370 g/mol. The van der Waals surface area contributed by atoms with E-state index in [2.05, 4.69) is 0 Å². The zero-order valence-electron chi connectivity index (χ0n) is 16.1. The van der Waals surface area contributed by atoms with Crippen LogP contribution in [-0.2, 0) is 17.6 Å². The number of fused-ring (bicyclic) bond motifs is 1. The Balaban J connectivity index is 1.39. The van der Waals surface area contributed by atoms with Gasteiger partial charge in [0.25, 0.3) is 5.91 Å². The number of phenols is 1. The first-order valence-electron chi connectivity index (χ1n) is 10.6. The zero-order valence-corrected chi connectivity index (χ0v) is 16.1. The lowest BCUT2D eigenvalue weighted by atomic mass is 9.88. The van der Waals surface area contributed by atoms with Crippen molar-refractivity contribution in [3.63, 3.8) is 0 Å². The van der Waals surface area contributed by atoms with Crippen molar-refractivity contribution in [3.8, 4) is 5.75 Å². The van der Waals surface area contributed by atoms with Gasteiger partial charge in [-0.25, -0.2) is 0 Å². The van der Waals surface area contributed by atoms with E-state index in [9.17, 15) is 14.7 Å². The predicted molar refractivity (Wildman–Crippen MR) is 104 cm³/mol. The molecule has 2 amide bonds. The topological polar surface area (TPSA) is 60.9 Å². The van der Waals surface area contributed by atoms with Gasteiger partial charge in [-0.2, -0.15) is 0 Å². The first kappa shape index (κ1) is 18.3. The van der Waals surface area contributed by atoms with Gasteiger partial charge in [0.2, 0.25) is 5.91 Å². The Morgan fingerprint density at radius 3 is 2.07 bits per heavy atom. The number of rotatable bonds is 2. The molecule has 1 saturated heterocycles. The molecule has 0 spiro atoms.